The number of likely N-dealkylation sites (tertiary alicyclic amines) is 1. The maximum Gasteiger partial charge on any atom is 0.421 e. The van der Waals surface area contributed by atoms with Gasteiger partial charge in [0.2, 0.25) is 0 Å². The van der Waals surface area contributed by atoms with Crippen molar-refractivity contribution in [3.8, 4) is 5.75 Å². The summed E-state index contributed by atoms with van der Waals surface area (Å²) in [6.45, 7) is 4.48. The van der Waals surface area contributed by atoms with Crippen molar-refractivity contribution in [1.29, 1.82) is 0 Å². The van der Waals surface area contributed by atoms with Crippen LogP contribution in [-0.2, 0) is 10.2 Å². The molecule has 4 rings (SSSR count). The zero-order valence-corrected chi connectivity index (χ0v) is 19.9. The molecule has 2 unspecified atom stereocenters. The highest BCUT2D eigenvalue weighted by molar-refractivity contribution is 5.99. The summed E-state index contributed by atoms with van der Waals surface area (Å²) < 4.78 is 41.8. The van der Waals surface area contributed by atoms with Crippen molar-refractivity contribution < 1.29 is 28.2 Å². The minimum Gasteiger partial charge on any atom is -0.508 e. The van der Waals surface area contributed by atoms with E-state index in [9.17, 15) is 28.2 Å². The van der Waals surface area contributed by atoms with Crippen molar-refractivity contribution in [3.63, 3.8) is 0 Å². The molecule has 36 heavy (non-hydrogen) atoms. The van der Waals surface area contributed by atoms with E-state index in [2.05, 4.69) is 11.9 Å². The first-order valence-electron chi connectivity index (χ1n) is 12.1. The van der Waals surface area contributed by atoms with Crippen molar-refractivity contribution in [3.05, 3.63) is 84.0 Å². The van der Waals surface area contributed by atoms with Gasteiger partial charge >= 0.3 is 6.18 Å². The standard InChI is InChI=1S/C28H31F3N2O3/c1-2-14-33-18-23-24(35)12-7-13-27(23,20-10-6-11-21(34)16-20)17-25(33)32-26(36)22(28(29,30)31)15-19-8-4-3-5-9-19/h2-6,8-11,15-16,23-25,34-35H,1,7,12-14,17-18H2,(H,32,36)/t23?,24?,25-,27-/m0/s1. The Labute approximate surface area is 208 Å². The molecule has 1 amide bonds. The van der Waals surface area contributed by atoms with Gasteiger partial charge in [0.05, 0.1) is 12.3 Å². The number of aliphatic hydroxyl groups excluding tert-OH is 1. The number of nitrogens with zero attached hydrogens (tertiary/aromatic N) is 1. The van der Waals surface area contributed by atoms with Crippen molar-refractivity contribution in [2.45, 2.75) is 49.5 Å². The van der Waals surface area contributed by atoms with Gasteiger partial charge in [0.1, 0.15) is 11.3 Å². The van der Waals surface area contributed by atoms with Crippen LogP contribution in [0.15, 0.2) is 72.8 Å². The van der Waals surface area contributed by atoms with Gasteiger partial charge < -0.3 is 15.5 Å². The second kappa shape index (κ2) is 10.5. The number of phenolic OH excluding ortho intramolecular Hbond substituents is 1. The number of carbonyl (C=O) groups excluding carboxylic acids is 1. The molecule has 8 heteroatoms. The first kappa shape index (κ1) is 26.0. The first-order valence-corrected chi connectivity index (χ1v) is 12.1. The van der Waals surface area contributed by atoms with Crippen LogP contribution in [0.5, 0.6) is 5.75 Å². The predicted octanol–water partition coefficient (Wildman–Crippen LogP) is 4.77. The highest BCUT2D eigenvalue weighted by atomic mass is 19.4. The summed E-state index contributed by atoms with van der Waals surface area (Å²) in [5, 5.41) is 23.8. The van der Waals surface area contributed by atoms with Crippen molar-refractivity contribution in [2.24, 2.45) is 5.92 Å². The van der Waals surface area contributed by atoms with Crippen LogP contribution < -0.4 is 5.32 Å². The fraction of sp³-hybridized carbons (Fsp3) is 0.393. The lowest BCUT2D eigenvalue weighted by Crippen LogP contribution is -2.64. The minimum atomic E-state index is -4.84. The number of hydrogen-bond donors (Lipinski definition) is 3. The van der Waals surface area contributed by atoms with E-state index in [-0.39, 0.29) is 17.2 Å². The Morgan fingerprint density at radius 3 is 2.61 bits per heavy atom. The smallest absolute Gasteiger partial charge is 0.421 e. The number of fused-ring (bicyclic) bond motifs is 1. The van der Waals surface area contributed by atoms with E-state index in [1.54, 1.807) is 42.5 Å². The molecule has 2 aliphatic rings. The van der Waals surface area contributed by atoms with Crippen LogP contribution >= 0.6 is 0 Å². The van der Waals surface area contributed by atoms with Gasteiger partial charge in [-0.05, 0) is 55.0 Å². The zero-order valence-electron chi connectivity index (χ0n) is 19.9. The number of rotatable bonds is 6. The molecule has 4 atom stereocenters. The molecule has 3 N–H and O–H groups in total. The Morgan fingerprint density at radius 1 is 1.19 bits per heavy atom. The van der Waals surface area contributed by atoms with E-state index in [1.165, 1.54) is 12.1 Å². The summed E-state index contributed by atoms with van der Waals surface area (Å²) in [7, 11) is 0. The average Bonchev–Trinajstić information content (AvgIpc) is 2.83. The summed E-state index contributed by atoms with van der Waals surface area (Å²) in [5.74, 6) is -1.32. The normalized spacial score (nSPS) is 27.2. The average molecular weight is 501 g/mol. The SMILES string of the molecule is C=CCN1CC2C(O)CCC[C@@]2(c2cccc(O)c2)C[C@H]1NC(=O)C(=Cc1ccccc1)C(F)(F)F. The van der Waals surface area contributed by atoms with Gasteiger partial charge in [-0.15, -0.1) is 6.58 Å². The van der Waals surface area contributed by atoms with Crippen LogP contribution in [0.3, 0.4) is 0 Å². The molecule has 0 spiro atoms. The van der Waals surface area contributed by atoms with E-state index < -0.39 is 35.3 Å². The molecule has 1 heterocycles. The number of piperidine rings is 1. The Morgan fingerprint density at radius 2 is 1.94 bits per heavy atom. The van der Waals surface area contributed by atoms with E-state index in [4.69, 9.17) is 0 Å². The summed E-state index contributed by atoms with van der Waals surface area (Å²) >= 11 is 0. The molecule has 1 saturated heterocycles. The third-order valence-electron chi connectivity index (χ3n) is 7.47. The third-order valence-corrected chi connectivity index (χ3v) is 7.47. The summed E-state index contributed by atoms with van der Waals surface area (Å²) in [4.78, 5) is 15.0. The van der Waals surface area contributed by atoms with Gasteiger partial charge in [0, 0.05) is 24.4 Å². The lowest BCUT2D eigenvalue weighted by Gasteiger charge is -2.55. The minimum absolute atomic E-state index is 0.0833. The van der Waals surface area contributed by atoms with Crippen LogP contribution in [-0.4, -0.2) is 52.6 Å². The van der Waals surface area contributed by atoms with Crippen LogP contribution in [0.1, 0.15) is 36.8 Å². The highest BCUT2D eigenvalue weighted by Gasteiger charge is 2.52. The van der Waals surface area contributed by atoms with E-state index in [1.807, 2.05) is 11.0 Å². The molecule has 0 bridgehead atoms. The summed E-state index contributed by atoms with van der Waals surface area (Å²) in [6, 6.07) is 14.7. The fourth-order valence-corrected chi connectivity index (χ4v) is 5.81. The molecule has 192 valence electrons. The van der Waals surface area contributed by atoms with E-state index >= 15 is 0 Å². The molecule has 2 aromatic carbocycles. The second-order valence-electron chi connectivity index (χ2n) is 9.67. The van der Waals surface area contributed by atoms with Crippen LogP contribution in [0.4, 0.5) is 13.2 Å². The van der Waals surface area contributed by atoms with Crippen molar-refractivity contribution in [2.75, 3.05) is 13.1 Å². The van der Waals surface area contributed by atoms with Crippen molar-refractivity contribution in [1.82, 2.24) is 10.2 Å². The number of phenols is 1. The lowest BCUT2D eigenvalue weighted by atomic mass is 9.57. The number of amides is 1. The number of aromatic hydroxyl groups is 1. The maximum atomic E-state index is 13.9. The molecular weight excluding hydrogens is 469 g/mol. The molecule has 0 radical (unpaired) electrons. The molecule has 1 aliphatic carbocycles. The molecular formula is C28H31F3N2O3. The first-order chi connectivity index (χ1) is 17.1. The largest absolute Gasteiger partial charge is 0.508 e. The van der Waals surface area contributed by atoms with Crippen LogP contribution in [0.25, 0.3) is 6.08 Å². The molecule has 1 aliphatic heterocycles. The Bertz CT molecular complexity index is 1120. The third kappa shape index (κ3) is 5.34. The van der Waals surface area contributed by atoms with Gasteiger partial charge in [-0.25, -0.2) is 0 Å². The molecule has 1 saturated carbocycles. The lowest BCUT2D eigenvalue weighted by molar-refractivity contribution is -0.134. The highest BCUT2D eigenvalue weighted by Crippen LogP contribution is 2.51. The van der Waals surface area contributed by atoms with Gasteiger partial charge in [-0.3, -0.25) is 9.69 Å². The van der Waals surface area contributed by atoms with Gasteiger partial charge in [0.15, 0.2) is 0 Å². The monoisotopic (exact) mass is 500 g/mol. The molecule has 5 nitrogen and oxygen atoms in total. The van der Waals surface area contributed by atoms with E-state index in [0.717, 1.165) is 18.1 Å². The van der Waals surface area contributed by atoms with E-state index in [0.29, 0.717) is 32.4 Å². The molecule has 0 aromatic heterocycles. The fourth-order valence-electron chi connectivity index (χ4n) is 5.81. The van der Waals surface area contributed by atoms with Gasteiger partial charge in [-0.2, -0.15) is 13.2 Å². The Balaban J connectivity index is 1.70. The Kier molecular flexibility index (Phi) is 7.57. The topological polar surface area (TPSA) is 72.8 Å². The number of aliphatic hydroxyl groups is 1. The number of carbonyl (C=O) groups is 1. The van der Waals surface area contributed by atoms with Crippen molar-refractivity contribution >= 4 is 12.0 Å². The quantitative estimate of drug-likeness (QED) is 0.395. The van der Waals surface area contributed by atoms with Crippen LogP contribution in [0, 0.1) is 5.92 Å². The number of alkyl halides is 3. The number of halogens is 3. The summed E-state index contributed by atoms with van der Waals surface area (Å²) in [5.41, 5.74) is -0.782. The number of nitrogens with one attached hydrogen (secondary N) is 1. The number of benzene rings is 2. The Hall–Kier alpha value is -3.10. The van der Waals surface area contributed by atoms with Crippen LogP contribution in [0.2, 0.25) is 0 Å². The summed E-state index contributed by atoms with van der Waals surface area (Å²) in [6.07, 6.45) is -1.32. The van der Waals surface area contributed by atoms with Gasteiger partial charge in [0.25, 0.3) is 5.91 Å². The zero-order chi connectivity index (χ0) is 25.9. The predicted molar refractivity (Wildman–Crippen MR) is 132 cm³/mol. The molecule has 2 aromatic rings. The maximum absolute atomic E-state index is 13.9. The van der Waals surface area contributed by atoms with Gasteiger partial charge in [-0.1, -0.05) is 48.5 Å². The number of hydrogen-bond acceptors (Lipinski definition) is 4. The molecule has 2 fully saturated rings. The second-order valence-corrected chi connectivity index (χ2v) is 9.67.